The molecule has 0 rings (SSSR count). The lowest BCUT2D eigenvalue weighted by Crippen LogP contribution is -2.16. The Morgan fingerprint density at radius 1 is 0.308 bits per heavy atom. The summed E-state index contributed by atoms with van der Waals surface area (Å²) < 4.78 is 0. The SMILES string of the molecule is CCCCCCCCNCCCCCCCC.CCCCNCCCC. The highest BCUT2D eigenvalue weighted by molar-refractivity contribution is 4.51. The number of hydrogen-bond acceptors (Lipinski definition) is 2. The monoisotopic (exact) mass is 370 g/mol. The van der Waals surface area contributed by atoms with Crippen LogP contribution in [-0.2, 0) is 0 Å². The van der Waals surface area contributed by atoms with Gasteiger partial charge in [-0.3, -0.25) is 0 Å². The molecule has 0 amide bonds. The lowest BCUT2D eigenvalue weighted by atomic mass is 10.1. The Hall–Kier alpha value is -0.0800. The molecule has 0 bridgehead atoms. The molecule has 2 nitrogen and oxygen atoms in total. The average molecular weight is 371 g/mol. The highest BCUT2D eigenvalue weighted by Crippen LogP contribution is 2.05. The van der Waals surface area contributed by atoms with Crippen molar-refractivity contribution in [2.75, 3.05) is 26.2 Å². The summed E-state index contributed by atoms with van der Waals surface area (Å²) in [6, 6.07) is 0. The Kier molecular flexibility index (Phi) is 32.1. The number of hydrogen-bond donors (Lipinski definition) is 2. The van der Waals surface area contributed by atoms with E-state index in [1.807, 2.05) is 0 Å². The molecule has 0 aromatic carbocycles. The van der Waals surface area contributed by atoms with Gasteiger partial charge in [0.25, 0.3) is 0 Å². The van der Waals surface area contributed by atoms with Crippen LogP contribution < -0.4 is 10.6 Å². The Labute approximate surface area is 167 Å². The molecule has 0 heterocycles. The minimum Gasteiger partial charge on any atom is -0.317 e. The van der Waals surface area contributed by atoms with E-state index in [0.717, 1.165) is 0 Å². The summed E-state index contributed by atoms with van der Waals surface area (Å²) >= 11 is 0. The molecule has 0 atom stereocenters. The summed E-state index contributed by atoms with van der Waals surface area (Å²) in [5.74, 6) is 0. The van der Waals surface area contributed by atoms with E-state index in [-0.39, 0.29) is 0 Å². The van der Waals surface area contributed by atoms with Gasteiger partial charge >= 0.3 is 0 Å². The maximum absolute atomic E-state index is 3.57. The smallest absolute Gasteiger partial charge is 0.00489 e. The zero-order chi connectivity index (χ0) is 19.6. The average Bonchev–Trinajstić information content (AvgIpc) is 2.66. The summed E-state index contributed by atoms with van der Waals surface area (Å²) in [5.41, 5.74) is 0. The highest BCUT2D eigenvalue weighted by atomic mass is 14.8. The molecule has 0 saturated carbocycles. The van der Waals surface area contributed by atoms with Gasteiger partial charge < -0.3 is 10.6 Å². The molecule has 0 fully saturated rings. The van der Waals surface area contributed by atoms with Crippen LogP contribution >= 0.6 is 0 Å². The second-order valence-corrected chi connectivity index (χ2v) is 7.74. The van der Waals surface area contributed by atoms with Crippen molar-refractivity contribution in [3.8, 4) is 0 Å². The molecule has 0 saturated heterocycles. The molecule has 0 aliphatic carbocycles. The van der Waals surface area contributed by atoms with Crippen LogP contribution in [0, 0.1) is 0 Å². The summed E-state index contributed by atoms with van der Waals surface area (Å²) in [6.45, 7) is 13.9. The van der Waals surface area contributed by atoms with Gasteiger partial charge in [-0.1, -0.05) is 105 Å². The molecule has 0 aliphatic rings. The van der Waals surface area contributed by atoms with E-state index in [9.17, 15) is 0 Å². The third-order valence-electron chi connectivity index (χ3n) is 4.83. The third-order valence-corrected chi connectivity index (χ3v) is 4.83. The van der Waals surface area contributed by atoms with Gasteiger partial charge in [-0.2, -0.15) is 0 Å². The Balaban J connectivity index is 0. The van der Waals surface area contributed by atoms with Gasteiger partial charge in [0.2, 0.25) is 0 Å². The molecule has 2 heteroatoms. The first kappa shape index (κ1) is 28.1. The summed E-state index contributed by atoms with van der Waals surface area (Å²) in [5, 5.41) is 6.95. The molecule has 2 N–H and O–H groups in total. The van der Waals surface area contributed by atoms with Gasteiger partial charge in [0.1, 0.15) is 0 Å². The fourth-order valence-corrected chi connectivity index (χ4v) is 2.91. The van der Waals surface area contributed by atoms with Crippen molar-refractivity contribution in [1.29, 1.82) is 0 Å². The molecule has 0 unspecified atom stereocenters. The van der Waals surface area contributed by atoms with E-state index in [1.165, 1.54) is 129 Å². The predicted octanol–water partition coefficient (Wildman–Crippen LogP) is 7.47. The first-order valence-corrected chi connectivity index (χ1v) is 12.2. The van der Waals surface area contributed by atoms with Crippen LogP contribution in [0.2, 0.25) is 0 Å². The summed E-state index contributed by atoms with van der Waals surface area (Å²) in [7, 11) is 0. The normalized spacial score (nSPS) is 10.6. The minimum atomic E-state index is 1.20. The van der Waals surface area contributed by atoms with E-state index in [2.05, 4.69) is 38.3 Å². The van der Waals surface area contributed by atoms with Gasteiger partial charge in [0, 0.05) is 0 Å². The second-order valence-electron chi connectivity index (χ2n) is 7.74. The first-order chi connectivity index (χ1) is 12.8. The first-order valence-electron chi connectivity index (χ1n) is 12.2. The molecular weight excluding hydrogens is 316 g/mol. The third kappa shape index (κ3) is 31.7. The molecule has 160 valence electrons. The van der Waals surface area contributed by atoms with Crippen LogP contribution in [0.1, 0.15) is 130 Å². The zero-order valence-corrected chi connectivity index (χ0v) is 19.1. The molecule has 0 aromatic rings. The van der Waals surface area contributed by atoms with Crippen molar-refractivity contribution < 1.29 is 0 Å². The summed E-state index contributed by atoms with van der Waals surface area (Å²) in [6.07, 6.45) is 22.2. The number of nitrogens with one attached hydrogen (secondary N) is 2. The van der Waals surface area contributed by atoms with Crippen LogP contribution in [0.5, 0.6) is 0 Å². The maximum Gasteiger partial charge on any atom is -0.00489 e. The molecule has 0 aromatic heterocycles. The Bertz CT molecular complexity index is 186. The van der Waals surface area contributed by atoms with Crippen molar-refractivity contribution in [2.45, 2.75) is 130 Å². The van der Waals surface area contributed by atoms with Crippen molar-refractivity contribution in [3.63, 3.8) is 0 Å². The fraction of sp³-hybridized carbons (Fsp3) is 1.00. The van der Waals surface area contributed by atoms with Crippen LogP contribution in [0.4, 0.5) is 0 Å². The standard InChI is InChI=1S/C16H35N.C8H19N/c1-3-5-7-9-11-13-15-17-16-14-12-10-8-6-4-2;1-3-5-7-9-8-6-4-2/h17H,3-16H2,1-2H3;9H,3-8H2,1-2H3. The van der Waals surface area contributed by atoms with E-state index in [1.54, 1.807) is 0 Å². The largest absolute Gasteiger partial charge is 0.317 e. The number of unbranched alkanes of at least 4 members (excludes halogenated alkanes) is 12. The Morgan fingerprint density at radius 3 is 0.923 bits per heavy atom. The van der Waals surface area contributed by atoms with E-state index in [0.29, 0.717) is 0 Å². The lowest BCUT2D eigenvalue weighted by Gasteiger charge is -2.04. The van der Waals surface area contributed by atoms with Crippen molar-refractivity contribution in [3.05, 3.63) is 0 Å². The van der Waals surface area contributed by atoms with Crippen LogP contribution in [0.25, 0.3) is 0 Å². The van der Waals surface area contributed by atoms with Crippen molar-refractivity contribution in [1.82, 2.24) is 10.6 Å². The molecule has 0 radical (unpaired) electrons. The molecule has 0 aliphatic heterocycles. The number of rotatable bonds is 20. The Morgan fingerprint density at radius 2 is 0.577 bits per heavy atom. The van der Waals surface area contributed by atoms with E-state index in [4.69, 9.17) is 0 Å². The lowest BCUT2D eigenvalue weighted by molar-refractivity contribution is 0.543. The summed E-state index contributed by atoms with van der Waals surface area (Å²) in [4.78, 5) is 0. The van der Waals surface area contributed by atoms with Crippen LogP contribution in [0.3, 0.4) is 0 Å². The molecular formula is C24H54N2. The van der Waals surface area contributed by atoms with Crippen molar-refractivity contribution >= 4 is 0 Å². The maximum atomic E-state index is 3.57. The van der Waals surface area contributed by atoms with Gasteiger partial charge in [-0.25, -0.2) is 0 Å². The van der Waals surface area contributed by atoms with Gasteiger partial charge in [0.15, 0.2) is 0 Å². The van der Waals surface area contributed by atoms with Gasteiger partial charge in [0.05, 0.1) is 0 Å². The van der Waals surface area contributed by atoms with Crippen molar-refractivity contribution in [2.24, 2.45) is 0 Å². The van der Waals surface area contributed by atoms with Gasteiger partial charge in [-0.05, 0) is 51.9 Å². The minimum absolute atomic E-state index is 1.20. The topological polar surface area (TPSA) is 24.1 Å². The van der Waals surface area contributed by atoms with Crippen LogP contribution in [0.15, 0.2) is 0 Å². The van der Waals surface area contributed by atoms with Crippen LogP contribution in [-0.4, -0.2) is 26.2 Å². The highest BCUT2D eigenvalue weighted by Gasteiger charge is 1.92. The predicted molar refractivity (Wildman–Crippen MR) is 122 cm³/mol. The molecule has 26 heavy (non-hydrogen) atoms. The molecule has 0 spiro atoms. The fourth-order valence-electron chi connectivity index (χ4n) is 2.91. The van der Waals surface area contributed by atoms with Gasteiger partial charge in [-0.15, -0.1) is 0 Å². The van der Waals surface area contributed by atoms with E-state index >= 15 is 0 Å². The zero-order valence-electron chi connectivity index (χ0n) is 19.1. The quantitative estimate of drug-likeness (QED) is 0.217. The second kappa shape index (κ2) is 29.7. The van der Waals surface area contributed by atoms with E-state index < -0.39 is 0 Å².